The number of fused-ring (bicyclic) bond motifs is 1. The van der Waals surface area contributed by atoms with Crippen LogP contribution in [0.5, 0.6) is 0 Å². The number of aromatic nitrogens is 2. The van der Waals surface area contributed by atoms with Crippen molar-refractivity contribution < 1.29 is 13.6 Å². The van der Waals surface area contributed by atoms with Crippen LogP contribution >= 0.6 is 11.8 Å². The van der Waals surface area contributed by atoms with Gasteiger partial charge in [0, 0.05) is 0 Å². The molecule has 32 heavy (non-hydrogen) atoms. The molecule has 0 saturated heterocycles. The predicted molar refractivity (Wildman–Crippen MR) is 123 cm³/mol. The normalized spacial score (nSPS) is 11.0. The molecule has 0 aliphatic carbocycles. The van der Waals surface area contributed by atoms with E-state index in [0.717, 1.165) is 35.0 Å². The number of hydrogen-bond acceptors (Lipinski definition) is 4. The molecule has 0 aliphatic heterocycles. The van der Waals surface area contributed by atoms with Crippen LogP contribution in [-0.2, 0) is 4.79 Å². The van der Waals surface area contributed by atoms with Crippen LogP contribution in [0.15, 0.2) is 70.6 Å². The number of anilines is 1. The summed E-state index contributed by atoms with van der Waals surface area (Å²) in [6.45, 7) is 3.86. The maximum atomic E-state index is 13.8. The molecule has 0 fully saturated rings. The number of benzene rings is 3. The van der Waals surface area contributed by atoms with Crippen LogP contribution in [0.25, 0.3) is 16.6 Å². The maximum Gasteiger partial charge on any atom is 0.266 e. The van der Waals surface area contributed by atoms with E-state index in [0.29, 0.717) is 21.7 Å². The van der Waals surface area contributed by atoms with E-state index >= 15 is 0 Å². The standard InChI is InChI=1S/C24H19F2N3O2S/c1-14-7-5-12-20(15(14)2)29-23(31)16-8-3-4-11-19(16)27-24(29)32-13-21(30)28-22-17(25)9-6-10-18(22)26/h3-12H,13H2,1-2H3,(H,28,30). The highest BCUT2D eigenvalue weighted by Gasteiger charge is 2.18. The van der Waals surface area contributed by atoms with Crippen molar-refractivity contribution in [2.75, 3.05) is 11.1 Å². The molecule has 0 radical (unpaired) electrons. The summed E-state index contributed by atoms with van der Waals surface area (Å²) in [5.41, 5.74) is 2.32. The number of nitrogens with one attached hydrogen (secondary N) is 1. The zero-order chi connectivity index (χ0) is 22.8. The first-order chi connectivity index (χ1) is 15.4. The van der Waals surface area contributed by atoms with Crippen molar-refractivity contribution in [1.29, 1.82) is 0 Å². The minimum Gasteiger partial charge on any atom is -0.320 e. The maximum absolute atomic E-state index is 13.8. The van der Waals surface area contributed by atoms with Gasteiger partial charge in [0.1, 0.15) is 17.3 Å². The van der Waals surface area contributed by atoms with Gasteiger partial charge in [0.15, 0.2) is 5.16 Å². The minimum absolute atomic E-state index is 0.191. The third-order valence-corrected chi connectivity index (χ3v) is 6.06. The van der Waals surface area contributed by atoms with Crippen LogP contribution in [-0.4, -0.2) is 21.2 Å². The lowest BCUT2D eigenvalue weighted by Crippen LogP contribution is -2.24. The van der Waals surface area contributed by atoms with Gasteiger partial charge in [-0.05, 0) is 55.3 Å². The number of rotatable bonds is 5. The molecule has 5 nitrogen and oxygen atoms in total. The van der Waals surface area contributed by atoms with E-state index in [2.05, 4.69) is 10.3 Å². The first-order valence-corrected chi connectivity index (χ1v) is 10.8. The van der Waals surface area contributed by atoms with Gasteiger partial charge in [0.25, 0.3) is 5.56 Å². The highest BCUT2D eigenvalue weighted by Crippen LogP contribution is 2.25. The largest absolute Gasteiger partial charge is 0.320 e. The zero-order valence-electron chi connectivity index (χ0n) is 17.4. The molecule has 0 bridgehead atoms. The Kier molecular flexibility index (Phi) is 6.05. The highest BCUT2D eigenvalue weighted by molar-refractivity contribution is 7.99. The number of hydrogen-bond donors (Lipinski definition) is 1. The van der Waals surface area contributed by atoms with Crippen molar-refractivity contribution in [3.8, 4) is 5.69 Å². The Morgan fingerprint density at radius 3 is 2.44 bits per heavy atom. The van der Waals surface area contributed by atoms with E-state index in [-0.39, 0.29) is 11.3 Å². The quantitative estimate of drug-likeness (QED) is 0.342. The number of aryl methyl sites for hydroxylation is 1. The monoisotopic (exact) mass is 451 g/mol. The molecule has 1 heterocycles. The fraction of sp³-hybridized carbons (Fsp3) is 0.125. The predicted octanol–water partition coefficient (Wildman–Crippen LogP) is 5.01. The van der Waals surface area contributed by atoms with Crippen molar-refractivity contribution in [1.82, 2.24) is 9.55 Å². The van der Waals surface area contributed by atoms with Crippen molar-refractivity contribution in [3.05, 3.63) is 93.8 Å². The van der Waals surface area contributed by atoms with Crippen LogP contribution in [0.3, 0.4) is 0 Å². The Labute approximate surface area is 187 Å². The molecule has 1 aromatic heterocycles. The summed E-state index contributed by atoms with van der Waals surface area (Å²) in [5.74, 6) is -2.53. The van der Waals surface area contributed by atoms with Gasteiger partial charge in [-0.25, -0.2) is 13.8 Å². The zero-order valence-corrected chi connectivity index (χ0v) is 18.2. The number of carbonyl (C=O) groups is 1. The Hall–Kier alpha value is -3.52. The Balaban J connectivity index is 1.72. The van der Waals surface area contributed by atoms with Crippen molar-refractivity contribution >= 4 is 34.3 Å². The molecule has 0 unspecified atom stereocenters. The second kappa shape index (κ2) is 8.92. The summed E-state index contributed by atoms with van der Waals surface area (Å²) in [4.78, 5) is 30.4. The summed E-state index contributed by atoms with van der Waals surface area (Å²) >= 11 is 1.02. The van der Waals surface area contributed by atoms with Gasteiger partial charge < -0.3 is 5.32 Å². The first kappa shape index (κ1) is 21.7. The van der Waals surface area contributed by atoms with E-state index in [1.807, 2.05) is 32.0 Å². The molecular weight excluding hydrogens is 432 g/mol. The smallest absolute Gasteiger partial charge is 0.266 e. The lowest BCUT2D eigenvalue weighted by Gasteiger charge is -2.16. The molecule has 0 spiro atoms. The molecule has 4 rings (SSSR count). The van der Waals surface area contributed by atoms with Crippen molar-refractivity contribution in [3.63, 3.8) is 0 Å². The number of halogens is 2. The summed E-state index contributed by atoms with van der Waals surface area (Å²) in [6.07, 6.45) is 0. The van der Waals surface area contributed by atoms with Crippen LogP contribution in [0.1, 0.15) is 11.1 Å². The second-order valence-electron chi connectivity index (χ2n) is 7.20. The Bertz CT molecular complexity index is 1380. The van der Waals surface area contributed by atoms with E-state index in [1.165, 1.54) is 10.6 Å². The van der Waals surface area contributed by atoms with Gasteiger partial charge in [-0.1, -0.05) is 42.1 Å². The molecule has 1 N–H and O–H groups in total. The molecule has 0 saturated carbocycles. The number of para-hydroxylation sites is 2. The lowest BCUT2D eigenvalue weighted by molar-refractivity contribution is -0.113. The molecule has 0 aliphatic rings. The van der Waals surface area contributed by atoms with Gasteiger partial charge >= 0.3 is 0 Å². The van der Waals surface area contributed by atoms with E-state index in [1.54, 1.807) is 24.3 Å². The molecule has 4 aromatic rings. The van der Waals surface area contributed by atoms with Crippen LogP contribution in [0, 0.1) is 25.5 Å². The summed E-state index contributed by atoms with van der Waals surface area (Å²) in [6, 6.07) is 15.9. The van der Waals surface area contributed by atoms with Gasteiger partial charge in [0.2, 0.25) is 5.91 Å². The van der Waals surface area contributed by atoms with Crippen LogP contribution < -0.4 is 10.9 Å². The number of thioether (sulfide) groups is 1. The van der Waals surface area contributed by atoms with E-state index in [4.69, 9.17) is 0 Å². The SMILES string of the molecule is Cc1cccc(-n2c(SCC(=O)Nc3c(F)cccc3F)nc3ccccc3c2=O)c1C. The number of nitrogens with zero attached hydrogens (tertiary/aromatic N) is 2. The molecule has 0 atom stereocenters. The van der Waals surface area contributed by atoms with Gasteiger partial charge in [-0.2, -0.15) is 0 Å². The van der Waals surface area contributed by atoms with E-state index < -0.39 is 23.2 Å². The molecule has 3 aromatic carbocycles. The van der Waals surface area contributed by atoms with Crippen molar-refractivity contribution in [2.24, 2.45) is 0 Å². The fourth-order valence-corrected chi connectivity index (χ4v) is 4.13. The fourth-order valence-electron chi connectivity index (χ4n) is 3.32. The minimum atomic E-state index is -0.862. The van der Waals surface area contributed by atoms with Gasteiger partial charge in [-0.3, -0.25) is 14.2 Å². The van der Waals surface area contributed by atoms with Crippen LogP contribution in [0.4, 0.5) is 14.5 Å². The molecule has 1 amide bonds. The number of carbonyl (C=O) groups excluding carboxylic acids is 1. The van der Waals surface area contributed by atoms with Gasteiger partial charge in [-0.15, -0.1) is 0 Å². The molecule has 8 heteroatoms. The summed E-state index contributed by atoms with van der Waals surface area (Å²) in [5, 5.41) is 3.02. The summed E-state index contributed by atoms with van der Waals surface area (Å²) < 4.78 is 29.2. The first-order valence-electron chi connectivity index (χ1n) is 9.82. The lowest BCUT2D eigenvalue weighted by atomic mass is 10.1. The Morgan fingerprint density at radius 2 is 1.69 bits per heavy atom. The highest BCUT2D eigenvalue weighted by atomic mass is 32.2. The van der Waals surface area contributed by atoms with Gasteiger partial charge in [0.05, 0.1) is 22.3 Å². The molecule has 162 valence electrons. The second-order valence-corrected chi connectivity index (χ2v) is 8.15. The van der Waals surface area contributed by atoms with E-state index in [9.17, 15) is 18.4 Å². The third-order valence-electron chi connectivity index (χ3n) is 5.12. The van der Waals surface area contributed by atoms with Crippen LogP contribution in [0.2, 0.25) is 0 Å². The van der Waals surface area contributed by atoms with Crippen molar-refractivity contribution in [2.45, 2.75) is 19.0 Å². The number of amides is 1. The molecular formula is C24H19F2N3O2S. The topological polar surface area (TPSA) is 64.0 Å². The Morgan fingerprint density at radius 1 is 1.00 bits per heavy atom. The average molecular weight is 451 g/mol. The average Bonchev–Trinajstić information content (AvgIpc) is 2.77. The third kappa shape index (κ3) is 4.13. The summed E-state index contributed by atoms with van der Waals surface area (Å²) in [7, 11) is 0.